The predicted molar refractivity (Wildman–Crippen MR) is 72.7 cm³/mol. The molecule has 0 fully saturated rings. The second kappa shape index (κ2) is 4.58. The topological polar surface area (TPSA) is 40.7 Å². The first-order valence-electron chi connectivity index (χ1n) is 6.65. The fourth-order valence-electron chi connectivity index (χ4n) is 2.65. The van der Waals surface area contributed by atoms with Crippen molar-refractivity contribution in [1.29, 1.82) is 0 Å². The van der Waals surface area contributed by atoms with Crippen molar-refractivity contribution in [2.75, 3.05) is 6.54 Å². The molecule has 1 aromatic heterocycles. The number of H-pyrrole nitrogens is 1. The molecule has 0 aliphatic carbocycles. The van der Waals surface area contributed by atoms with E-state index >= 15 is 0 Å². The largest absolute Gasteiger partial charge is 0.346 e. The maximum Gasteiger partial charge on any atom is 0.103 e. The number of benzene rings is 1. The zero-order valence-electron chi connectivity index (χ0n) is 11.0. The van der Waals surface area contributed by atoms with Gasteiger partial charge in [0.25, 0.3) is 0 Å². The molecule has 2 heterocycles. The van der Waals surface area contributed by atoms with Crippen molar-refractivity contribution in [2.45, 2.75) is 32.7 Å². The second-order valence-corrected chi connectivity index (χ2v) is 4.92. The first-order valence-corrected chi connectivity index (χ1v) is 6.65. The van der Waals surface area contributed by atoms with Crippen molar-refractivity contribution in [3.63, 3.8) is 0 Å². The second-order valence-electron chi connectivity index (χ2n) is 4.92. The van der Waals surface area contributed by atoms with E-state index in [1.807, 2.05) is 6.92 Å². The van der Waals surface area contributed by atoms with Gasteiger partial charge in [-0.25, -0.2) is 4.98 Å². The summed E-state index contributed by atoms with van der Waals surface area (Å²) in [7, 11) is 0. The zero-order valence-corrected chi connectivity index (χ0v) is 11.0. The molecule has 0 radical (unpaired) electrons. The third-order valence-electron chi connectivity index (χ3n) is 3.65. The van der Waals surface area contributed by atoms with Crippen LogP contribution in [0.1, 0.15) is 41.3 Å². The number of hydrogen-bond donors (Lipinski definition) is 2. The maximum atomic E-state index is 4.63. The molecule has 2 N–H and O–H groups in total. The quantitative estimate of drug-likeness (QED) is 0.848. The van der Waals surface area contributed by atoms with Gasteiger partial charge in [-0.1, -0.05) is 31.2 Å². The monoisotopic (exact) mass is 241 g/mol. The highest BCUT2D eigenvalue weighted by molar-refractivity contribution is 5.34. The van der Waals surface area contributed by atoms with E-state index in [2.05, 4.69) is 46.5 Å². The highest BCUT2D eigenvalue weighted by atomic mass is 15.0. The Kier molecular flexibility index (Phi) is 2.92. The van der Waals surface area contributed by atoms with E-state index in [4.69, 9.17) is 0 Å². The molecule has 3 heteroatoms. The number of nitrogens with zero attached hydrogens (tertiary/aromatic N) is 1. The number of aromatic nitrogens is 2. The maximum absolute atomic E-state index is 4.63. The summed E-state index contributed by atoms with van der Waals surface area (Å²) in [6.45, 7) is 5.22. The smallest absolute Gasteiger partial charge is 0.103 e. The third kappa shape index (κ3) is 1.95. The minimum atomic E-state index is 0.240. The van der Waals surface area contributed by atoms with Crippen LogP contribution >= 0.6 is 0 Å². The van der Waals surface area contributed by atoms with Crippen LogP contribution in [0.4, 0.5) is 0 Å². The van der Waals surface area contributed by atoms with Crippen molar-refractivity contribution in [3.05, 3.63) is 52.6 Å². The van der Waals surface area contributed by atoms with Crippen LogP contribution in [-0.2, 0) is 12.8 Å². The normalized spacial score (nSPS) is 18.7. The molecule has 2 aromatic rings. The molecule has 1 atom stereocenters. The molecule has 0 spiro atoms. The van der Waals surface area contributed by atoms with Crippen LogP contribution in [0.15, 0.2) is 24.3 Å². The van der Waals surface area contributed by atoms with Crippen LogP contribution < -0.4 is 5.32 Å². The molecule has 0 saturated heterocycles. The van der Waals surface area contributed by atoms with Gasteiger partial charge in [-0.05, 0) is 24.5 Å². The van der Waals surface area contributed by atoms with Gasteiger partial charge in [-0.15, -0.1) is 0 Å². The van der Waals surface area contributed by atoms with E-state index in [1.54, 1.807) is 0 Å². The Hall–Kier alpha value is -1.61. The number of hydrogen-bond acceptors (Lipinski definition) is 2. The fraction of sp³-hybridized carbons (Fsp3) is 0.400. The Bertz CT molecular complexity index is 539. The van der Waals surface area contributed by atoms with E-state index in [9.17, 15) is 0 Å². The van der Waals surface area contributed by atoms with Gasteiger partial charge in [-0.2, -0.15) is 0 Å². The number of nitrogens with one attached hydrogen (secondary N) is 2. The van der Waals surface area contributed by atoms with Crippen molar-refractivity contribution >= 4 is 0 Å². The summed E-state index contributed by atoms with van der Waals surface area (Å²) in [6, 6.07) is 9.10. The number of rotatable bonds is 2. The van der Waals surface area contributed by atoms with E-state index in [0.29, 0.717) is 0 Å². The molecule has 0 bridgehead atoms. The molecule has 1 unspecified atom stereocenters. The molecule has 18 heavy (non-hydrogen) atoms. The summed E-state index contributed by atoms with van der Waals surface area (Å²) in [5.41, 5.74) is 5.14. The van der Waals surface area contributed by atoms with Crippen molar-refractivity contribution in [3.8, 4) is 0 Å². The average Bonchev–Trinajstić information content (AvgIpc) is 2.79. The zero-order chi connectivity index (χ0) is 12.5. The third-order valence-corrected chi connectivity index (χ3v) is 3.65. The van der Waals surface area contributed by atoms with Crippen LogP contribution in [0.5, 0.6) is 0 Å². The molecule has 94 valence electrons. The minimum absolute atomic E-state index is 0.240. The van der Waals surface area contributed by atoms with E-state index in [1.165, 1.54) is 22.5 Å². The SMILES string of the molecule is CCc1ccc(C2NCCc3[nH]c(C)nc32)cc1. The van der Waals surface area contributed by atoms with Crippen molar-refractivity contribution in [2.24, 2.45) is 0 Å². The summed E-state index contributed by atoms with van der Waals surface area (Å²) < 4.78 is 0. The van der Waals surface area contributed by atoms with Crippen LogP contribution in [0, 0.1) is 6.92 Å². The number of aromatic amines is 1. The molecule has 0 saturated carbocycles. The molecular formula is C15H19N3. The molecule has 3 nitrogen and oxygen atoms in total. The number of imidazole rings is 1. The molecule has 3 rings (SSSR count). The van der Waals surface area contributed by atoms with Crippen LogP contribution in [0.25, 0.3) is 0 Å². The van der Waals surface area contributed by atoms with Crippen LogP contribution in [0.3, 0.4) is 0 Å². The highest BCUT2D eigenvalue weighted by Crippen LogP contribution is 2.27. The van der Waals surface area contributed by atoms with Gasteiger partial charge in [-0.3, -0.25) is 0 Å². The summed E-state index contributed by atoms with van der Waals surface area (Å²) in [4.78, 5) is 8.00. The van der Waals surface area contributed by atoms with E-state index < -0.39 is 0 Å². The van der Waals surface area contributed by atoms with Gasteiger partial charge >= 0.3 is 0 Å². The molecule has 0 amide bonds. The summed E-state index contributed by atoms with van der Waals surface area (Å²) in [5.74, 6) is 1.01. The Morgan fingerprint density at radius 3 is 2.78 bits per heavy atom. The lowest BCUT2D eigenvalue weighted by Crippen LogP contribution is -2.30. The molecule has 1 aliphatic heterocycles. The van der Waals surface area contributed by atoms with Gasteiger partial charge in [0.05, 0.1) is 11.7 Å². The summed E-state index contributed by atoms with van der Waals surface area (Å²) in [5, 5.41) is 3.56. The van der Waals surface area contributed by atoms with E-state index in [0.717, 1.165) is 25.2 Å². The average molecular weight is 241 g/mol. The van der Waals surface area contributed by atoms with Gasteiger partial charge in [0.1, 0.15) is 5.82 Å². The Balaban J connectivity index is 1.97. The lowest BCUT2D eigenvalue weighted by Gasteiger charge is -2.23. The van der Waals surface area contributed by atoms with Crippen molar-refractivity contribution in [1.82, 2.24) is 15.3 Å². The van der Waals surface area contributed by atoms with Crippen LogP contribution in [-0.4, -0.2) is 16.5 Å². The number of fused-ring (bicyclic) bond motifs is 1. The Labute approximate surface area is 108 Å². The van der Waals surface area contributed by atoms with E-state index in [-0.39, 0.29) is 6.04 Å². The number of aryl methyl sites for hydroxylation is 2. The fourth-order valence-corrected chi connectivity index (χ4v) is 2.65. The van der Waals surface area contributed by atoms with Crippen molar-refractivity contribution < 1.29 is 0 Å². The first kappa shape index (κ1) is 11.5. The molecular weight excluding hydrogens is 222 g/mol. The van der Waals surface area contributed by atoms with Gasteiger partial charge in [0.15, 0.2) is 0 Å². The standard InChI is InChI=1S/C15H19N3/c1-3-11-4-6-12(7-5-11)14-15-13(8-9-16-14)17-10(2)18-15/h4-7,14,16H,3,8-9H2,1-2H3,(H,17,18). The summed E-state index contributed by atoms with van der Waals surface area (Å²) in [6.07, 6.45) is 2.13. The van der Waals surface area contributed by atoms with Gasteiger partial charge in [0.2, 0.25) is 0 Å². The van der Waals surface area contributed by atoms with Gasteiger partial charge < -0.3 is 10.3 Å². The lowest BCUT2D eigenvalue weighted by molar-refractivity contribution is 0.553. The Morgan fingerprint density at radius 2 is 2.06 bits per heavy atom. The molecule has 1 aliphatic rings. The predicted octanol–water partition coefficient (Wildman–Crippen LogP) is 2.52. The van der Waals surface area contributed by atoms with Gasteiger partial charge in [0, 0.05) is 18.7 Å². The highest BCUT2D eigenvalue weighted by Gasteiger charge is 2.24. The summed E-state index contributed by atoms with van der Waals surface area (Å²) >= 11 is 0. The Morgan fingerprint density at radius 1 is 1.28 bits per heavy atom. The molecule has 1 aromatic carbocycles. The minimum Gasteiger partial charge on any atom is -0.346 e. The first-order chi connectivity index (χ1) is 8.78. The lowest BCUT2D eigenvalue weighted by atomic mass is 9.97. The van der Waals surface area contributed by atoms with Crippen LogP contribution in [0.2, 0.25) is 0 Å².